The van der Waals surface area contributed by atoms with Gasteiger partial charge in [0.1, 0.15) is 67.1 Å². The van der Waals surface area contributed by atoms with E-state index in [0.29, 0.717) is 22.3 Å². The Kier molecular flexibility index (Phi) is 25.0. The molecule has 1 amide bonds. The fraction of sp³-hybridized carbons (Fsp3) is 0.519. The number of hydrogen-bond acceptors (Lipinski definition) is 17. The van der Waals surface area contributed by atoms with E-state index < -0.39 is 95.0 Å². The maximum absolute atomic E-state index is 14.0. The molecule has 103 heavy (non-hydrogen) atoms. The first-order valence-corrected chi connectivity index (χ1v) is 42.8. The molecule has 4 aromatic carbocycles. The highest BCUT2D eigenvalue weighted by Gasteiger charge is 2.47. The third kappa shape index (κ3) is 18.6. The van der Waals surface area contributed by atoms with Gasteiger partial charge in [0.15, 0.2) is 16.6 Å². The van der Waals surface area contributed by atoms with Gasteiger partial charge >= 0.3 is 29.4 Å². The van der Waals surface area contributed by atoms with Crippen LogP contribution in [-0.2, 0) is 55.0 Å². The number of hydrogen-bond donors (Lipinski definition) is 2. The molecule has 8 atom stereocenters. The molecule has 0 bridgehead atoms. The highest BCUT2D eigenvalue weighted by molar-refractivity contribution is 6.74. The van der Waals surface area contributed by atoms with Crippen molar-refractivity contribution in [2.45, 2.75) is 238 Å². The number of carbonyl (C=O) groups is 3. The molecule has 11 rings (SSSR count). The van der Waals surface area contributed by atoms with Gasteiger partial charge in [-0.3, -0.25) is 13.9 Å². The predicted molar refractivity (Wildman–Crippen MR) is 407 cm³/mol. The number of furan rings is 2. The number of nitrogens with one attached hydrogen (secondary N) is 1. The number of rotatable bonds is 27. The second-order valence-corrected chi connectivity index (χ2v) is 41.3. The van der Waals surface area contributed by atoms with Crippen LogP contribution in [0.25, 0.3) is 56.0 Å². The van der Waals surface area contributed by atoms with Crippen LogP contribution in [0.5, 0.6) is 0 Å². The molecular formula is C81H108N6O14Si2. The second kappa shape index (κ2) is 33.1. The quantitative estimate of drug-likeness (QED) is 0.0210. The number of nitrogens with two attached hydrogens (primary N) is 1. The monoisotopic (exact) mass is 1440 g/mol. The van der Waals surface area contributed by atoms with Crippen molar-refractivity contribution in [2.75, 3.05) is 19.8 Å². The first-order valence-electron chi connectivity index (χ1n) is 36.9. The first kappa shape index (κ1) is 77.8. The van der Waals surface area contributed by atoms with Crippen LogP contribution in [-0.4, -0.2) is 110 Å². The van der Waals surface area contributed by atoms with E-state index in [1.54, 1.807) is 12.4 Å². The predicted octanol–water partition coefficient (Wildman–Crippen LogP) is 16.8. The minimum Gasteiger partial charge on any atom is -0.458 e. The Morgan fingerprint density at radius 3 is 1.40 bits per heavy atom. The minimum atomic E-state index is -2.25. The Bertz CT molecular complexity index is 4290. The second-order valence-electron chi connectivity index (χ2n) is 31.7. The highest BCUT2D eigenvalue weighted by Crippen LogP contribution is 2.45. The van der Waals surface area contributed by atoms with Gasteiger partial charge in [-0.15, -0.1) is 0 Å². The van der Waals surface area contributed by atoms with Gasteiger partial charge < -0.3 is 52.4 Å². The summed E-state index contributed by atoms with van der Waals surface area (Å²) in [6.07, 6.45) is 8.21. The number of unbranched alkanes of at least 4 members (excludes halogenated alkanes) is 4. The summed E-state index contributed by atoms with van der Waals surface area (Å²) >= 11 is 0. The van der Waals surface area contributed by atoms with Crippen LogP contribution in [0, 0.1) is 11.8 Å². The molecule has 6 heterocycles. The van der Waals surface area contributed by atoms with Crippen LogP contribution in [0.15, 0.2) is 140 Å². The molecule has 8 aromatic rings. The number of nitrogens with zero attached hydrogens (tertiary/aromatic N) is 4. The SMILES string of the molecule is CCCCCc1ccc(-c2cc3cn([C@H]4CC(OC(=O)C(N)C(C)C)[C@@H](CO[Si](C)(C)C(C)(C)C)O4)c(=O)nc3o2)cc1.CCCCCc1ccc(-c2cc3cn([C@H]4CC(OC(=O)C(NC(=O)OCC5c6ccccc6-c6ccccc65)C(C)C)[C@@H](CO[Si](C)(C)C(C)(C)C)O4)c(=O)nc3o2)cc1. The highest BCUT2D eigenvalue weighted by atomic mass is 28.4. The van der Waals surface area contributed by atoms with Crippen LogP contribution in [0.3, 0.4) is 0 Å². The van der Waals surface area contributed by atoms with Crippen LogP contribution >= 0.6 is 0 Å². The lowest BCUT2D eigenvalue weighted by molar-refractivity contribution is -0.157. The lowest BCUT2D eigenvalue weighted by atomic mass is 9.98. The molecule has 4 aromatic heterocycles. The van der Waals surface area contributed by atoms with Crippen molar-refractivity contribution in [3.63, 3.8) is 0 Å². The van der Waals surface area contributed by atoms with Crippen LogP contribution in [0.4, 0.5) is 4.79 Å². The standard InChI is InChI=1S/C48H59N3O8Si.C33H49N3O6Si/c1-9-10-11-16-31-21-23-32(24-22-31)39-25-33-27-51(46(53)50-44(33)58-39)42-26-40(41(57-42)29-56-60(7,8)48(4,5)6)59-45(52)43(30(2)3)49-47(54)55-28-38-36-19-14-12-17-34(36)35-18-13-15-20-37(35)38;1-9-10-11-12-22-13-15-23(16-14-22)25-17-24-19-36(32(38)35-30(24)41-25)28-18-26(42-31(37)29(34)21(2)3)27(40-28)20-39-43(7,8)33(4,5)6/h12-15,17-25,27,30,38,40-43H,9-11,16,26,28-29H2,1-8H3,(H,49,54);13-17,19,21,26-29H,9-12,18,20,34H2,1-8H3/t40?,41-,42-,43?;26?,27-,28-,29?/m11/s1. The van der Waals surface area contributed by atoms with Gasteiger partial charge in [-0.1, -0.05) is 206 Å². The summed E-state index contributed by atoms with van der Waals surface area (Å²) in [5.74, 6) is -0.381. The number of alkyl carbamates (subject to hydrolysis) is 1. The van der Waals surface area contributed by atoms with E-state index in [4.69, 9.17) is 47.1 Å². The Morgan fingerprint density at radius 1 is 0.583 bits per heavy atom. The average molecular weight is 1450 g/mol. The molecule has 22 heteroatoms. The Hall–Kier alpha value is -7.84. The van der Waals surface area contributed by atoms with Gasteiger partial charge in [0.25, 0.3) is 0 Å². The number of aromatic nitrogens is 4. The van der Waals surface area contributed by atoms with E-state index in [1.165, 1.54) is 52.4 Å². The smallest absolute Gasteiger partial charge is 0.407 e. The third-order valence-electron chi connectivity index (χ3n) is 21.4. The number of aryl methyl sites for hydroxylation is 2. The molecule has 20 nitrogen and oxygen atoms in total. The largest absolute Gasteiger partial charge is 0.458 e. The summed E-state index contributed by atoms with van der Waals surface area (Å²) in [7, 11) is -4.36. The van der Waals surface area contributed by atoms with E-state index in [2.05, 4.69) is 145 Å². The molecule has 0 spiro atoms. The molecule has 1 aliphatic carbocycles. The van der Waals surface area contributed by atoms with E-state index in [1.807, 2.05) is 88.4 Å². The van der Waals surface area contributed by atoms with Gasteiger partial charge in [0.2, 0.25) is 11.4 Å². The lowest BCUT2D eigenvalue weighted by Crippen LogP contribution is -2.48. The van der Waals surface area contributed by atoms with Gasteiger partial charge in [0.05, 0.1) is 24.0 Å². The Morgan fingerprint density at radius 2 is 1.00 bits per heavy atom. The zero-order chi connectivity index (χ0) is 74.3. The zero-order valence-corrected chi connectivity index (χ0v) is 65.2. The van der Waals surface area contributed by atoms with Crippen molar-refractivity contribution in [1.82, 2.24) is 24.4 Å². The Balaban J connectivity index is 0.000000234. The normalized spacial score (nSPS) is 19.1. The van der Waals surface area contributed by atoms with Crippen LogP contribution < -0.4 is 22.4 Å². The van der Waals surface area contributed by atoms with E-state index in [-0.39, 0.29) is 71.9 Å². The summed E-state index contributed by atoms with van der Waals surface area (Å²) in [5.41, 5.74) is 14.4. The van der Waals surface area contributed by atoms with Gasteiger partial charge in [-0.2, -0.15) is 9.97 Å². The van der Waals surface area contributed by atoms with E-state index in [9.17, 15) is 24.0 Å². The molecule has 2 fully saturated rings. The molecule has 0 saturated carbocycles. The van der Waals surface area contributed by atoms with Crippen LogP contribution in [0.2, 0.25) is 36.3 Å². The van der Waals surface area contributed by atoms with Crippen LogP contribution in [0.1, 0.15) is 175 Å². The minimum absolute atomic E-state index is 0.00255. The average Bonchev–Trinajstić information content (AvgIpc) is 1.64. The van der Waals surface area contributed by atoms with Crippen molar-refractivity contribution >= 4 is 56.9 Å². The molecule has 2 aliphatic heterocycles. The summed E-state index contributed by atoms with van der Waals surface area (Å²) in [4.78, 5) is 75.4. The number of esters is 2. The van der Waals surface area contributed by atoms with Crippen molar-refractivity contribution < 1.29 is 55.8 Å². The summed E-state index contributed by atoms with van der Waals surface area (Å²) < 4.78 is 58.7. The molecule has 3 aliphatic rings. The number of fused-ring (bicyclic) bond motifs is 5. The molecule has 2 saturated heterocycles. The summed E-state index contributed by atoms with van der Waals surface area (Å²) in [6, 6.07) is 34.9. The molecule has 4 unspecified atom stereocenters. The van der Waals surface area contributed by atoms with Gasteiger partial charge in [0, 0.05) is 42.3 Å². The van der Waals surface area contributed by atoms with Crippen molar-refractivity contribution in [3.05, 3.63) is 165 Å². The molecule has 554 valence electrons. The summed E-state index contributed by atoms with van der Waals surface area (Å²) in [5, 5.41) is 4.02. The summed E-state index contributed by atoms with van der Waals surface area (Å²) in [6.45, 7) is 33.9. The molecule has 0 radical (unpaired) electrons. The maximum Gasteiger partial charge on any atom is 0.407 e. The van der Waals surface area contributed by atoms with Gasteiger partial charge in [-0.25, -0.2) is 19.2 Å². The van der Waals surface area contributed by atoms with Crippen molar-refractivity contribution in [1.29, 1.82) is 0 Å². The molecule has 3 N–H and O–H groups in total. The Labute approximate surface area is 608 Å². The van der Waals surface area contributed by atoms with E-state index in [0.717, 1.165) is 52.6 Å². The number of ether oxygens (including phenoxy) is 5. The van der Waals surface area contributed by atoms with Gasteiger partial charge in [-0.05, 0) is 119 Å². The van der Waals surface area contributed by atoms with Crippen molar-refractivity contribution in [2.24, 2.45) is 17.6 Å². The lowest BCUT2D eigenvalue weighted by Gasteiger charge is -2.37. The van der Waals surface area contributed by atoms with Crippen molar-refractivity contribution in [3.8, 4) is 33.8 Å². The number of carbonyl (C=O) groups excluding carboxylic acids is 3. The molecular weight excluding hydrogens is 1340 g/mol. The van der Waals surface area contributed by atoms with E-state index >= 15 is 0 Å². The third-order valence-corrected chi connectivity index (χ3v) is 30.4. The fourth-order valence-electron chi connectivity index (χ4n) is 12.7. The fourth-order valence-corrected chi connectivity index (χ4v) is 14.7. The first-order chi connectivity index (χ1) is 48.8. The zero-order valence-electron chi connectivity index (χ0n) is 63.2. The number of benzene rings is 4. The number of amides is 1. The topological polar surface area (TPSA) is 250 Å². The maximum atomic E-state index is 14.0.